The van der Waals surface area contributed by atoms with Gasteiger partial charge in [0, 0.05) is 13.6 Å². The molecule has 0 amide bonds. The maximum Gasteiger partial charge on any atom is 0.191 e. The summed E-state index contributed by atoms with van der Waals surface area (Å²) >= 11 is 0. The summed E-state index contributed by atoms with van der Waals surface area (Å²) in [5.41, 5.74) is 5.35. The lowest BCUT2D eigenvalue weighted by atomic mass is 10.6. The van der Waals surface area contributed by atoms with Crippen molar-refractivity contribution in [2.75, 3.05) is 20.1 Å². The van der Waals surface area contributed by atoms with E-state index in [1.807, 2.05) is 11.9 Å². The lowest BCUT2D eigenvalue weighted by molar-refractivity contribution is 0.551. The molecule has 48 valence electrons. The summed E-state index contributed by atoms with van der Waals surface area (Å²) in [6.07, 6.45) is 0. The minimum Gasteiger partial charge on any atom is -0.370 e. The molecule has 0 atom stereocenters. The summed E-state index contributed by atoms with van der Waals surface area (Å²) in [4.78, 5) is 5.87. The number of rotatable bonds is 0. The fourth-order valence-electron chi connectivity index (χ4n) is 0.550. The Hall–Kier alpha value is -0.440. The van der Waals surface area contributed by atoms with Crippen LogP contribution >= 0.6 is 12.4 Å². The van der Waals surface area contributed by atoms with Crippen molar-refractivity contribution in [2.45, 2.75) is 0 Å². The SMILES string of the molecule is CN1CCN=C1N.Cl. The van der Waals surface area contributed by atoms with Crippen LogP contribution in [0.25, 0.3) is 0 Å². The molecule has 4 heteroatoms. The molecule has 0 aromatic heterocycles. The highest BCUT2D eigenvalue weighted by Crippen LogP contribution is 1.90. The minimum atomic E-state index is 0. The zero-order valence-corrected chi connectivity index (χ0v) is 5.61. The second-order valence-corrected chi connectivity index (χ2v) is 1.66. The average Bonchev–Trinajstić information content (AvgIpc) is 1.91. The Morgan fingerprint density at radius 1 is 1.75 bits per heavy atom. The molecule has 1 heterocycles. The van der Waals surface area contributed by atoms with Crippen LogP contribution in [-0.4, -0.2) is 31.0 Å². The lowest BCUT2D eigenvalue weighted by Crippen LogP contribution is -2.29. The third-order valence-electron chi connectivity index (χ3n) is 1.10. The minimum absolute atomic E-state index is 0. The summed E-state index contributed by atoms with van der Waals surface area (Å²) in [7, 11) is 1.94. The normalized spacial score (nSPS) is 17.6. The molecule has 1 rings (SSSR count). The number of nitrogens with two attached hydrogens (primary N) is 1. The van der Waals surface area contributed by atoms with Crippen molar-refractivity contribution in [1.82, 2.24) is 4.90 Å². The highest BCUT2D eigenvalue weighted by Gasteiger charge is 2.05. The Morgan fingerprint density at radius 2 is 2.38 bits per heavy atom. The molecule has 0 unspecified atom stereocenters. The molecule has 3 nitrogen and oxygen atoms in total. The topological polar surface area (TPSA) is 41.6 Å². The molecule has 0 spiro atoms. The van der Waals surface area contributed by atoms with Crippen molar-refractivity contribution in [2.24, 2.45) is 10.7 Å². The molecule has 8 heavy (non-hydrogen) atoms. The zero-order chi connectivity index (χ0) is 5.28. The van der Waals surface area contributed by atoms with Crippen LogP contribution < -0.4 is 5.73 Å². The van der Waals surface area contributed by atoms with Gasteiger partial charge in [0.05, 0.1) is 6.54 Å². The van der Waals surface area contributed by atoms with Gasteiger partial charge in [0.2, 0.25) is 0 Å². The molecule has 0 aromatic rings. The molecule has 0 radical (unpaired) electrons. The van der Waals surface area contributed by atoms with E-state index in [4.69, 9.17) is 5.73 Å². The van der Waals surface area contributed by atoms with Gasteiger partial charge in [-0.3, -0.25) is 4.99 Å². The van der Waals surface area contributed by atoms with E-state index in [1.54, 1.807) is 0 Å². The van der Waals surface area contributed by atoms with Crippen molar-refractivity contribution in [3.05, 3.63) is 0 Å². The second kappa shape index (κ2) is 2.77. The predicted molar refractivity (Wildman–Crippen MR) is 36.4 cm³/mol. The smallest absolute Gasteiger partial charge is 0.191 e. The monoisotopic (exact) mass is 135 g/mol. The van der Waals surface area contributed by atoms with Crippen LogP contribution in [0.4, 0.5) is 0 Å². The number of nitrogens with zero attached hydrogens (tertiary/aromatic N) is 2. The first-order valence-electron chi connectivity index (χ1n) is 2.32. The van der Waals surface area contributed by atoms with Crippen molar-refractivity contribution in [3.8, 4) is 0 Å². The van der Waals surface area contributed by atoms with Gasteiger partial charge >= 0.3 is 0 Å². The molecule has 0 aliphatic carbocycles. The van der Waals surface area contributed by atoms with Crippen molar-refractivity contribution >= 4 is 18.4 Å². The van der Waals surface area contributed by atoms with E-state index in [1.165, 1.54) is 0 Å². The average molecular weight is 136 g/mol. The summed E-state index contributed by atoms with van der Waals surface area (Å²) in [6.45, 7) is 1.84. The standard InChI is InChI=1S/C4H9N3.ClH/c1-7-3-2-6-4(7)5;/h2-3H2,1H3,(H2,5,6);1H. The van der Waals surface area contributed by atoms with Crippen LogP contribution in [0.3, 0.4) is 0 Å². The Kier molecular flexibility index (Phi) is 2.62. The van der Waals surface area contributed by atoms with Crippen LogP contribution in [0.1, 0.15) is 0 Å². The third kappa shape index (κ3) is 1.26. The van der Waals surface area contributed by atoms with E-state index in [0.717, 1.165) is 13.1 Å². The number of hydrogen-bond donors (Lipinski definition) is 1. The van der Waals surface area contributed by atoms with E-state index in [-0.39, 0.29) is 12.4 Å². The molecule has 0 saturated heterocycles. The van der Waals surface area contributed by atoms with Crippen molar-refractivity contribution < 1.29 is 0 Å². The molecule has 1 aliphatic heterocycles. The van der Waals surface area contributed by atoms with Gasteiger partial charge in [0.25, 0.3) is 0 Å². The summed E-state index contributed by atoms with van der Waals surface area (Å²) in [6, 6.07) is 0. The van der Waals surface area contributed by atoms with E-state index in [0.29, 0.717) is 5.96 Å². The lowest BCUT2D eigenvalue weighted by Gasteiger charge is -2.06. The van der Waals surface area contributed by atoms with Gasteiger partial charge in [-0.25, -0.2) is 0 Å². The predicted octanol–water partition coefficient (Wildman–Crippen LogP) is -0.332. The first kappa shape index (κ1) is 7.56. The van der Waals surface area contributed by atoms with Crippen LogP contribution in [0.15, 0.2) is 4.99 Å². The van der Waals surface area contributed by atoms with Crippen LogP contribution in [0.2, 0.25) is 0 Å². The van der Waals surface area contributed by atoms with E-state index in [2.05, 4.69) is 4.99 Å². The summed E-state index contributed by atoms with van der Waals surface area (Å²) in [5, 5.41) is 0. The highest BCUT2D eigenvalue weighted by molar-refractivity contribution is 5.85. The zero-order valence-electron chi connectivity index (χ0n) is 4.79. The van der Waals surface area contributed by atoms with Crippen LogP contribution in [0.5, 0.6) is 0 Å². The first-order chi connectivity index (χ1) is 3.30. The van der Waals surface area contributed by atoms with E-state index >= 15 is 0 Å². The first-order valence-corrected chi connectivity index (χ1v) is 2.32. The Labute approximate surface area is 55.0 Å². The maximum atomic E-state index is 5.35. The molecule has 2 N–H and O–H groups in total. The van der Waals surface area contributed by atoms with E-state index < -0.39 is 0 Å². The summed E-state index contributed by atoms with van der Waals surface area (Å²) < 4.78 is 0. The van der Waals surface area contributed by atoms with Gasteiger partial charge in [-0.1, -0.05) is 0 Å². The van der Waals surface area contributed by atoms with Gasteiger partial charge in [0.15, 0.2) is 5.96 Å². The number of likely N-dealkylation sites (N-methyl/N-ethyl adjacent to an activating group) is 1. The molecule has 1 aliphatic rings. The fraction of sp³-hybridized carbons (Fsp3) is 0.750. The largest absolute Gasteiger partial charge is 0.370 e. The highest BCUT2D eigenvalue weighted by atomic mass is 35.5. The molecular weight excluding hydrogens is 126 g/mol. The quantitative estimate of drug-likeness (QED) is 0.494. The third-order valence-corrected chi connectivity index (χ3v) is 1.10. The molecule has 0 aromatic carbocycles. The van der Waals surface area contributed by atoms with Crippen molar-refractivity contribution in [3.63, 3.8) is 0 Å². The van der Waals surface area contributed by atoms with Gasteiger partial charge in [-0.2, -0.15) is 0 Å². The van der Waals surface area contributed by atoms with Crippen LogP contribution in [-0.2, 0) is 0 Å². The Balaban J connectivity index is 0.000000490. The van der Waals surface area contributed by atoms with Gasteiger partial charge in [-0.15, -0.1) is 12.4 Å². The number of hydrogen-bond acceptors (Lipinski definition) is 3. The van der Waals surface area contributed by atoms with Crippen LogP contribution in [0, 0.1) is 0 Å². The van der Waals surface area contributed by atoms with Gasteiger partial charge in [0.1, 0.15) is 0 Å². The summed E-state index contributed by atoms with van der Waals surface area (Å²) in [5.74, 6) is 0.667. The number of halogens is 1. The second-order valence-electron chi connectivity index (χ2n) is 1.66. The number of guanidine groups is 1. The molecule has 0 bridgehead atoms. The fourth-order valence-corrected chi connectivity index (χ4v) is 0.550. The van der Waals surface area contributed by atoms with E-state index in [9.17, 15) is 0 Å². The van der Waals surface area contributed by atoms with Gasteiger partial charge in [-0.05, 0) is 0 Å². The maximum absolute atomic E-state index is 5.35. The van der Waals surface area contributed by atoms with Crippen molar-refractivity contribution in [1.29, 1.82) is 0 Å². The molecule has 0 fully saturated rings. The number of aliphatic imine (C=N–C) groups is 1. The Bertz CT molecular complexity index is 101. The molecular formula is C4H10ClN3. The Morgan fingerprint density at radius 3 is 2.50 bits per heavy atom. The van der Waals surface area contributed by atoms with Gasteiger partial charge < -0.3 is 10.6 Å². The molecule has 0 saturated carbocycles.